The van der Waals surface area contributed by atoms with Crippen molar-refractivity contribution in [3.63, 3.8) is 0 Å². The summed E-state index contributed by atoms with van der Waals surface area (Å²) in [6, 6.07) is 7.39. The number of amides is 1. The van der Waals surface area contributed by atoms with E-state index in [2.05, 4.69) is 15.5 Å². The van der Waals surface area contributed by atoms with E-state index in [0.717, 1.165) is 18.4 Å². The molecule has 0 unspecified atom stereocenters. The lowest BCUT2D eigenvalue weighted by molar-refractivity contribution is -0.131. The lowest BCUT2D eigenvalue weighted by Gasteiger charge is -2.20. The van der Waals surface area contributed by atoms with Crippen LogP contribution in [-0.4, -0.2) is 28.3 Å². The normalized spacial score (nSPS) is 16.2. The Morgan fingerprint density at radius 1 is 1.38 bits per heavy atom. The van der Waals surface area contributed by atoms with Gasteiger partial charge in [0, 0.05) is 18.2 Å². The predicted molar refractivity (Wildman–Crippen MR) is 90.5 cm³/mol. The van der Waals surface area contributed by atoms with E-state index in [1.807, 2.05) is 31.2 Å². The number of carbonyl (C=O) groups excluding carboxylic acids is 1. The molecule has 1 N–H and O–H groups in total. The molecule has 0 spiro atoms. The first kappa shape index (κ1) is 16.6. The first-order valence-corrected chi connectivity index (χ1v) is 8.52. The third-order valence-electron chi connectivity index (χ3n) is 4.23. The maximum Gasteiger partial charge on any atom is 0.253 e. The van der Waals surface area contributed by atoms with E-state index in [1.54, 1.807) is 6.92 Å². The fraction of sp³-hybridized carbons (Fsp3) is 0.500. The number of hydrogen-bond acceptors (Lipinski definition) is 5. The summed E-state index contributed by atoms with van der Waals surface area (Å²) < 4.78 is 11.4. The van der Waals surface area contributed by atoms with Crippen molar-refractivity contribution in [2.45, 2.75) is 58.2 Å². The Kier molecular flexibility index (Phi) is 5.25. The Morgan fingerprint density at radius 2 is 2.17 bits per heavy atom. The van der Waals surface area contributed by atoms with Crippen molar-refractivity contribution in [2.24, 2.45) is 0 Å². The Balaban J connectivity index is 1.66. The van der Waals surface area contributed by atoms with Gasteiger partial charge in [-0.3, -0.25) is 4.79 Å². The number of nitrogens with one attached hydrogen (secondary N) is 1. The zero-order chi connectivity index (χ0) is 16.9. The molecule has 0 radical (unpaired) electrons. The maximum atomic E-state index is 12.5. The standard InChI is InChI=1S/C18H23N3O3/c1-3-16(24-15-9-4-5-10-15)17(22)19-14-8-6-7-13(11-14)18-21-20-12(2)23-18/h6-8,11,15-16H,3-5,9-10H2,1-2H3,(H,19,22)/t16-/m0/s1. The summed E-state index contributed by atoms with van der Waals surface area (Å²) in [5.74, 6) is 0.844. The van der Waals surface area contributed by atoms with Crippen LogP contribution >= 0.6 is 0 Å². The molecule has 1 fully saturated rings. The van der Waals surface area contributed by atoms with Gasteiger partial charge in [0.15, 0.2) is 0 Å². The van der Waals surface area contributed by atoms with Crippen LogP contribution in [0.1, 0.15) is 44.9 Å². The first-order valence-electron chi connectivity index (χ1n) is 8.52. The molecular weight excluding hydrogens is 306 g/mol. The summed E-state index contributed by atoms with van der Waals surface area (Å²) >= 11 is 0. The Morgan fingerprint density at radius 3 is 2.83 bits per heavy atom. The number of anilines is 1. The van der Waals surface area contributed by atoms with Crippen molar-refractivity contribution in [1.29, 1.82) is 0 Å². The fourth-order valence-electron chi connectivity index (χ4n) is 2.97. The lowest BCUT2D eigenvalue weighted by Crippen LogP contribution is -2.32. The van der Waals surface area contributed by atoms with Crippen LogP contribution in [0.3, 0.4) is 0 Å². The van der Waals surface area contributed by atoms with Gasteiger partial charge in [-0.1, -0.05) is 25.8 Å². The zero-order valence-electron chi connectivity index (χ0n) is 14.1. The molecule has 2 aromatic rings. The summed E-state index contributed by atoms with van der Waals surface area (Å²) in [7, 11) is 0. The molecule has 1 aromatic carbocycles. The van der Waals surface area contributed by atoms with Crippen LogP contribution in [0.15, 0.2) is 28.7 Å². The van der Waals surface area contributed by atoms with E-state index in [9.17, 15) is 4.79 Å². The number of ether oxygens (including phenoxy) is 1. The molecule has 0 saturated heterocycles. The molecule has 1 atom stereocenters. The molecule has 128 valence electrons. The number of aromatic nitrogens is 2. The Bertz CT molecular complexity index is 692. The highest BCUT2D eigenvalue weighted by Gasteiger charge is 2.24. The van der Waals surface area contributed by atoms with E-state index in [0.29, 0.717) is 23.9 Å². The summed E-state index contributed by atoms with van der Waals surface area (Å²) in [6.07, 6.45) is 4.94. The summed E-state index contributed by atoms with van der Waals surface area (Å²) in [6.45, 7) is 3.71. The smallest absolute Gasteiger partial charge is 0.253 e. The minimum absolute atomic E-state index is 0.108. The van der Waals surface area contributed by atoms with Crippen LogP contribution in [-0.2, 0) is 9.53 Å². The Hall–Kier alpha value is -2.21. The summed E-state index contributed by atoms with van der Waals surface area (Å²) in [5, 5.41) is 10.8. The molecule has 1 amide bonds. The molecular formula is C18H23N3O3. The van der Waals surface area contributed by atoms with Crippen LogP contribution < -0.4 is 5.32 Å². The lowest BCUT2D eigenvalue weighted by atomic mass is 10.2. The number of benzene rings is 1. The second kappa shape index (κ2) is 7.57. The van der Waals surface area contributed by atoms with Crippen molar-refractivity contribution >= 4 is 11.6 Å². The molecule has 1 aliphatic carbocycles. The van der Waals surface area contributed by atoms with Gasteiger partial charge < -0.3 is 14.5 Å². The van der Waals surface area contributed by atoms with Crippen LogP contribution in [0.2, 0.25) is 0 Å². The highest BCUT2D eigenvalue weighted by molar-refractivity contribution is 5.94. The maximum absolute atomic E-state index is 12.5. The van der Waals surface area contributed by atoms with E-state index < -0.39 is 6.10 Å². The molecule has 6 heteroatoms. The van der Waals surface area contributed by atoms with Gasteiger partial charge in [0.05, 0.1) is 6.10 Å². The second-order valence-electron chi connectivity index (χ2n) is 6.14. The number of carbonyl (C=O) groups is 1. The fourth-order valence-corrected chi connectivity index (χ4v) is 2.97. The van der Waals surface area contributed by atoms with E-state index in [-0.39, 0.29) is 12.0 Å². The monoisotopic (exact) mass is 329 g/mol. The van der Waals surface area contributed by atoms with Gasteiger partial charge in [-0.15, -0.1) is 10.2 Å². The zero-order valence-corrected chi connectivity index (χ0v) is 14.1. The molecule has 1 heterocycles. The molecule has 6 nitrogen and oxygen atoms in total. The van der Waals surface area contributed by atoms with Gasteiger partial charge in [0.2, 0.25) is 11.8 Å². The molecule has 3 rings (SSSR count). The summed E-state index contributed by atoms with van der Waals surface area (Å²) in [4.78, 5) is 12.5. The van der Waals surface area contributed by atoms with Gasteiger partial charge in [-0.05, 0) is 37.5 Å². The van der Waals surface area contributed by atoms with Gasteiger partial charge >= 0.3 is 0 Å². The summed E-state index contributed by atoms with van der Waals surface area (Å²) in [5.41, 5.74) is 1.47. The average molecular weight is 329 g/mol. The van der Waals surface area contributed by atoms with E-state index in [1.165, 1.54) is 12.8 Å². The minimum atomic E-state index is -0.414. The third kappa shape index (κ3) is 4.00. The number of aryl methyl sites for hydroxylation is 1. The van der Waals surface area contributed by atoms with Crippen molar-refractivity contribution in [3.8, 4) is 11.5 Å². The van der Waals surface area contributed by atoms with Crippen molar-refractivity contribution in [2.75, 3.05) is 5.32 Å². The quantitative estimate of drug-likeness (QED) is 0.874. The van der Waals surface area contributed by atoms with Crippen LogP contribution in [0, 0.1) is 6.92 Å². The van der Waals surface area contributed by atoms with Gasteiger partial charge in [0.25, 0.3) is 5.91 Å². The number of nitrogens with zero attached hydrogens (tertiary/aromatic N) is 2. The van der Waals surface area contributed by atoms with Crippen LogP contribution in [0.25, 0.3) is 11.5 Å². The first-order chi connectivity index (χ1) is 11.7. The minimum Gasteiger partial charge on any atom is -0.421 e. The molecule has 0 bridgehead atoms. The van der Waals surface area contributed by atoms with E-state index >= 15 is 0 Å². The van der Waals surface area contributed by atoms with Crippen LogP contribution in [0.5, 0.6) is 0 Å². The van der Waals surface area contributed by atoms with Crippen molar-refractivity contribution in [1.82, 2.24) is 10.2 Å². The van der Waals surface area contributed by atoms with Crippen LogP contribution in [0.4, 0.5) is 5.69 Å². The molecule has 1 aliphatic rings. The highest BCUT2D eigenvalue weighted by Crippen LogP contribution is 2.24. The molecule has 0 aliphatic heterocycles. The van der Waals surface area contributed by atoms with Gasteiger partial charge in [-0.2, -0.15) is 0 Å². The molecule has 24 heavy (non-hydrogen) atoms. The van der Waals surface area contributed by atoms with Gasteiger partial charge in [0.1, 0.15) is 6.10 Å². The van der Waals surface area contributed by atoms with Crippen molar-refractivity contribution < 1.29 is 13.9 Å². The largest absolute Gasteiger partial charge is 0.421 e. The third-order valence-corrected chi connectivity index (χ3v) is 4.23. The van der Waals surface area contributed by atoms with Gasteiger partial charge in [-0.25, -0.2) is 0 Å². The second-order valence-corrected chi connectivity index (χ2v) is 6.14. The Labute approximate surface area is 141 Å². The highest BCUT2D eigenvalue weighted by atomic mass is 16.5. The number of rotatable bonds is 6. The molecule has 1 aromatic heterocycles. The number of hydrogen-bond donors (Lipinski definition) is 1. The van der Waals surface area contributed by atoms with E-state index in [4.69, 9.17) is 9.15 Å². The SMILES string of the molecule is CC[C@H](OC1CCCC1)C(=O)Nc1cccc(-c2nnc(C)o2)c1. The predicted octanol–water partition coefficient (Wildman–Crippen LogP) is 3.72. The average Bonchev–Trinajstić information content (AvgIpc) is 3.24. The molecule has 1 saturated carbocycles. The van der Waals surface area contributed by atoms with Crippen molar-refractivity contribution in [3.05, 3.63) is 30.2 Å². The topological polar surface area (TPSA) is 77.2 Å².